The number of pyridine rings is 1. The summed E-state index contributed by atoms with van der Waals surface area (Å²) in [5.41, 5.74) is 0. The molecule has 0 aromatic carbocycles. The number of rotatable bonds is 0. The first-order chi connectivity index (χ1) is 6.79. The van der Waals surface area contributed by atoms with Gasteiger partial charge in [-0.1, -0.05) is 0 Å². The minimum atomic E-state index is -0.0266. The van der Waals surface area contributed by atoms with Crippen molar-refractivity contribution in [3.05, 3.63) is 39.4 Å². The Kier molecular flexibility index (Phi) is 27.5. The summed E-state index contributed by atoms with van der Waals surface area (Å²) in [5, 5.41) is 20.6. The Morgan fingerprint density at radius 1 is 1.06 bits per heavy atom. The molecule has 2 rings (SSSR count). The van der Waals surface area contributed by atoms with Crippen molar-refractivity contribution in [2.24, 2.45) is 0 Å². The summed E-state index contributed by atoms with van der Waals surface area (Å²) in [5.74, 6) is 0.259. The molecule has 0 saturated carbocycles. The van der Waals surface area contributed by atoms with E-state index in [9.17, 15) is 0 Å². The van der Waals surface area contributed by atoms with E-state index in [0.717, 1.165) is 25.9 Å². The van der Waals surface area contributed by atoms with E-state index >= 15 is 0 Å². The molecule has 0 spiro atoms. The maximum Gasteiger partial charge on any atom is 0.118 e. The number of aliphatic hydroxyl groups excluding tert-OH is 1. The van der Waals surface area contributed by atoms with Crippen molar-refractivity contribution in [3.8, 4) is 5.75 Å². The third kappa shape index (κ3) is 15.1. The molecule has 3 N–H and O–H groups in total. The van der Waals surface area contributed by atoms with E-state index in [4.69, 9.17) is 10.2 Å². The van der Waals surface area contributed by atoms with Gasteiger partial charge in [0.15, 0.2) is 0 Å². The smallest absolute Gasteiger partial charge is 0.118 e. The summed E-state index contributed by atoms with van der Waals surface area (Å²) in [7, 11) is 0. The molecule has 0 aliphatic carbocycles. The van der Waals surface area contributed by atoms with E-state index in [0.29, 0.717) is 0 Å². The minimum Gasteiger partial charge on any atom is -0.508 e. The van der Waals surface area contributed by atoms with Gasteiger partial charge >= 0.3 is 0 Å². The molecule has 1 aromatic heterocycles. The molecule has 0 unspecified atom stereocenters. The molecule has 1 fully saturated rings. The molecule has 1 aromatic rings. The van der Waals surface area contributed by atoms with Crippen molar-refractivity contribution in [1.82, 2.24) is 10.3 Å². The summed E-state index contributed by atoms with van der Waals surface area (Å²) < 4.78 is 0. The molecule has 0 atom stereocenters. The number of nitrogens with zero attached hydrogens (tertiary/aromatic N) is 1. The largest absolute Gasteiger partial charge is 0.508 e. The van der Waals surface area contributed by atoms with Gasteiger partial charge in [-0.25, -0.2) is 0 Å². The standard InChI is InChI=1S/C5H11NO.C5H5NO.2CH3.2Y/c2*7-5-1-3-6-4-2-5;;;;/h5-7H,1-4H2;1-4H,(H,6,7);2*1H3;;/q;;2*-1;;. The number of piperidine rings is 1. The quantitative estimate of drug-likeness (QED) is 0.573. The van der Waals surface area contributed by atoms with E-state index in [1.54, 1.807) is 0 Å². The molecule has 6 heteroatoms. The third-order valence-corrected chi connectivity index (χ3v) is 1.97. The van der Waals surface area contributed by atoms with Crippen LogP contribution in [-0.2, 0) is 65.4 Å². The molecule has 0 bridgehead atoms. The van der Waals surface area contributed by atoms with Gasteiger partial charge in [-0.2, -0.15) is 0 Å². The Bertz CT molecular complexity index is 245. The molecule has 1 aliphatic heterocycles. The normalized spacial score (nSPS) is 13.2. The number of nitrogens with one attached hydrogen (secondary N) is 1. The Labute approximate surface area is 161 Å². The SMILES string of the molecule is OC1CCNCC1.Oc1ccncc1.[CH3-].[CH3-].[Y].[Y]. The number of hydrogen-bond acceptors (Lipinski definition) is 4. The number of hydrogen-bond donors (Lipinski definition) is 3. The second kappa shape index (κ2) is 18.1. The fraction of sp³-hybridized carbons (Fsp3) is 0.417. The van der Waals surface area contributed by atoms with E-state index in [-0.39, 0.29) is 92.1 Å². The van der Waals surface area contributed by atoms with Crippen molar-refractivity contribution in [3.63, 3.8) is 0 Å². The zero-order valence-electron chi connectivity index (χ0n) is 11.2. The topological polar surface area (TPSA) is 65.4 Å². The molecule has 4 nitrogen and oxygen atoms in total. The van der Waals surface area contributed by atoms with Gasteiger partial charge in [-0.05, 0) is 38.1 Å². The Morgan fingerprint density at radius 2 is 1.50 bits per heavy atom. The van der Waals surface area contributed by atoms with E-state index in [1.165, 1.54) is 24.5 Å². The number of aromatic nitrogens is 1. The van der Waals surface area contributed by atoms with Crippen LogP contribution in [0.4, 0.5) is 0 Å². The fourth-order valence-corrected chi connectivity index (χ4v) is 1.15. The number of aliphatic hydroxyl groups is 1. The minimum absolute atomic E-state index is 0. The average molecular weight is 404 g/mol. The van der Waals surface area contributed by atoms with Gasteiger partial charge in [0.2, 0.25) is 0 Å². The van der Waals surface area contributed by atoms with Crippen LogP contribution in [0.15, 0.2) is 24.5 Å². The molecule has 2 heterocycles. The van der Waals surface area contributed by atoms with Gasteiger partial charge in [0.1, 0.15) is 5.75 Å². The fourth-order valence-electron chi connectivity index (χ4n) is 1.15. The number of aromatic hydroxyl groups is 1. The van der Waals surface area contributed by atoms with Crippen LogP contribution in [0.2, 0.25) is 0 Å². The Morgan fingerprint density at radius 3 is 1.72 bits per heavy atom. The maximum absolute atomic E-state index is 8.87. The van der Waals surface area contributed by atoms with Gasteiger partial charge in [0.05, 0.1) is 6.10 Å². The van der Waals surface area contributed by atoms with Gasteiger partial charge in [0, 0.05) is 77.8 Å². The van der Waals surface area contributed by atoms with Crippen molar-refractivity contribution < 1.29 is 75.6 Å². The Hall–Kier alpha value is 1.08. The van der Waals surface area contributed by atoms with Gasteiger partial charge in [0.25, 0.3) is 0 Å². The molecule has 0 amide bonds. The molecular weight excluding hydrogens is 382 g/mol. The van der Waals surface area contributed by atoms with Crippen molar-refractivity contribution in [2.45, 2.75) is 18.9 Å². The third-order valence-electron chi connectivity index (χ3n) is 1.97. The van der Waals surface area contributed by atoms with E-state index < -0.39 is 0 Å². The maximum atomic E-state index is 8.87. The van der Waals surface area contributed by atoms with Crippen molar-refractivity contribution in [2.75, 3.05) is 13.1 Å². The average Bonchev–Trinajstić information content (AvgIpc) is 2.21. The Balaban J connectivity index is -0.0000000891. The van der Waals surface area contributed by atoms with Crippen LogP contribution in [-0.4, -0.2) is 34.4 Å². The molecule has 100 valence electrons. The molecule has 18 heavy (non-hydrogen) atoms. The van der Waals surface area contributed by atoms with Crippen LogP contribution < -0.4 is 5.32 Å². The summed E-state index contributed by atoms with van der Waals surface area (Å²) in [6.07, 6.45) is 4.91. The van der Waals surface area contributed by atoms with E-state index in [1.807, 2.05) is 0 Å². The zero-order valence-corrected chi connectivity index (χ0v) is 16.9. The van der Waals surface area contributed by atoms with E-state index in [2.05, 4.69) is 10.3 Å². The summed E-state index contributed by atoms with van der Waals surface area (Å²) >= 11 is 0. The summed E-state index contributed by atoms with van der Waals surface area (Å²) in [4.78, 5) is 3.69. The van der Waals surface area contributed by atoms with Crippen LogP contribution in [0.25, 0.3) is 0 Å². The van der Waals surface area contributed by atoms with Gasteiger partial charge in [-0.15, -0.1) is 0 Å². The second-order valence-electron chi connectivity index (χ2n) is 3.19. The molecule has 2 radical (unpaired) electrons. The molecule has 1 aliphatic rings. The second-order valence-corrected chi connectivity index (χ2v) is 3.19. The van der Waals surface area contributed by atoms with Crippen LogP contribution in [0, 0.1) is 14.9 Å². The molecular formula is C12H22N2O2Y2-2. The monoisotopic (exact) mass is 404 g/mol. The first-order valence-corrected chi connectivity index (χ1v) is 4.77. The van der Waals surface area contributed by atoms with Crippen LogP contribution >= 0.6 is 0 Å². The first kappa shape index (κ1) is 27.4. The summed E-state index contributed by atoms with van der Waals surface area (Å²) in [6.45, 7) is 1.97. The predicted octanol–water partition coefficient (Wildman–Crippen LogP) is 1.41. The first-order valence-electron chi connectivity index (χ1n) is 4.77. The van der Waals surface area contributed by atoms with Gasteiger partial charge in [-0.3, -0.25) is 4.98 Å². The van der Waals surface area contributed by atoms with Gasteiger partial charge < -0.3 is 30.4 Å². The van der Waals surface area contributed by atoms with Crippen LogP contribution in [0.3, 0.4) is 0 Å². The van der Waals surface area contributed by atoms with Crippen LogP contribution in [0.5, 0.6) is 5.75 Å². The zero-order chi connectivity index (χ0) is 10.2. The van der Waals surface area contributed by atoms with Crippen molar-refractivity contribution >= 4 is 0 Å². The van der Waals surface area contributed by atoms with Crippen LogP contribution in [0.1, 0.15) is 12.8 Å². The van der Waals surface area contributed by atoms with Crippen molar-refractivity contribution in [1.29, 1.82) is 0 Å². The molecule has 1 saturated heterocycles. The summed E-state index contributed by atoms with van der Waals surface area (Å²) in [6, 6.07) is 3.06. The predicted molar refractivity (Wildman–Crippen MR) is 66.8 cm³/mol.